The normalized spacial score (nSPS) is 12.1. The Balaban J connectivity index is 4.18. The fraction of sp³-hybridized carbons (Fsp3) is 0.429. The van der Waals surface area contributed by atoms with E-state index in [0.29, 0.717) is 0 Å². The number of carboxylic acid groups (broad SMARTS) is 2. The first-order valence-electron chi connectivity index (χ1n) is 4.15. The number of aliphatic carboxylic acids is 2. The average molecular weight is 232 g/mol. The number of carbonyl (C=O) groups is 3. The second-order valence-electron chi connectivity index (χ2n) is 2.69. The fourth-order valence-corrected chi connectivity index (χ4v) is 0.796. The van der Waals surface area contributed by atoms with Crippen molar-refractivity contribution < 1.29 is 24.6 Å². The Labute approximate surface area is 90.3 Å². The molecular formula is C7H12N4O5. The molecule has 6 N–H and O–H groups in total. The molecule has 0 radical (unpaired) electrons. The van der Waals surface area contributed by atoms with E-state index in [9.17, 15) is 14.4 Å². The second kappa shape index (κ2) is 7.17. The van der Waals surface area contributed by atoms with Gasteiger partial charge in [-0.15, -0.1) is 0 Å². The first-order valence-corrected chi connectivity index (χ1v) is 4.15. The molecular weight excluding hydrogens is 220 g/mol. The van der Waals surface area contributed by atoms with Crippen LogP contribution in [-0.4, -0.2) is 47.0 Å². The Morgan fingerprint density at radius 1 is 1.38 bits per heavy atom. The molecule has 0 spiro atoms. The number of aliphatic imine (C=N–C) groups is 1. The summed E-state index contributed by atoms with van der Waals surface area (Å²) in [5, 5.41) is 19.0. The van der Waals surface area contributed by atoms with Gasteiger partial charge in [0.2, 0.25) is 5.91 Å². The van der Waals surface area contributed by atoms with Crippen LogP contribution in [0.1, 0.15) is 6.42 Å². The van der Waals surface area contributed by atoms with Crippen molar-refractivity contribution in [2.45, 2.75) is 12.5 Å². The van der Waals surface area contributed by atoms with Crippen LogP contribution in [0.4, 0.5) is 0 Å². The molecule has 0 unspecified atom stereocenters. The number of hydrogen-bond donors (Lipinski definition) is 5. The van der Waals surface area contributed by atoms with Crippen LogP contribution in [0.3, 0.4) is 0 Å². The summed E-state index contributed by atoms with van der Waals surface area (Å²) in [7, 11) is 0. The van der Waals surface area contributed by atoms with Gasteiger partial charge < -0.3 is 21.0 Å². The molecule has 0 aromatic carbocycles. The van der Waals surface area contributed by atoms with Crippen LogP contribution in [0.25, 0.3) is 0 Å². The molecule has 9 heteroatoms. The van der Waals surface area contributed by atoms with Gasteiger partial charge in [-0.3, -0.25) is 14.6 Å². The van der Waals surface area contributed by atoms with Gasteiger partial charge in [-0.2, -0.15) is 0 Å². The zero-order valence-electron chi connectivity index (χ0n) is 8.21. The van der Waals surface area contributed by atoms with E-state index in [1.165, 1.54) is 0 Å². The number of nitrogens with one attached hydrogen (secondary N) is 2. The van der Waals surface area contributed by atoms with Crippen LogP contribution in [0.2, 0.25) is 0 Å². The molecule has 1 amide bonds. The molecule has 0 aliphatic heterocycles. The highest BCUT2D eigenvalue weighted by molar-refractivity contribution is 5.87. The third-order valence-electron chi connectivity index (χ3n) is 1.41. The smallest absolute Gasteiger partial charge is 0.326 e. The highest BCUT2D eigenvalue weighted by Crippen LogP contribution is 1.92. The van der Waals surface area contributed by atoms with Crippen LogP contribution in [0, 0.1) is 0 Å². The summed E-state index contributed by atoms with van der Waals surface area (Å²) in [6.07, 6.45) is 0.354. The average Bonchev–Trinajstić information content (AvgIpc) is 2.16. The minimum Gasteiger partial charge on any atom is -0.481 e. The van der Waals surface area contributed by atoms with Gasteiger partial charge in [0.25, 0.3) is 0 Å². The number of hydrogen-bond acceptors (Lipinski definition) is 5. The van der Waals surface area contributed by atoms with Crippen molar-refractivity contribution in [1.82, 2.24) is 10.7 Å². The summed E-state index contributed by atoms with van der Waals surface area (Å²) in [6, 6.07) is -1.47. The molecule has 1 atom stereocenters. The predicted octanol–water partition coefficient (Wildman–Crippen LogP) is -2.48. The molecule has 0 heterocycles. The van der Waals surface area contributed by atoms with E-state index in [1.54, 1.807) is 0 Å². The quantitative estimate of drug-likeness (QED) is 0.141. The Morgan fingerprint density at radius 3 is 2.44 bits per heavy atom. The summed E-state index contributed by atoms with van der Waals surface area (Å²) in [4.78, 5) is 35.4. The molecule has 0 aromatic heterocycles. The summed E-state index contributed by atoms with van der Waals surface area (Å²) in [5.74, 6) is 1.38. The largest absolute Gasteiger partial charge is 0.481 e. The summed E-state index contributed by atoms with van der Waals surface area (Å²) in [5.41, 5.74) is 2.05. The van der Waals surface area contributed by atoms with Gasteiger partial charge in [0.1, 0.15) is 12.6 Å². The predicted molar refractivity (Wildman–Crippen MR) is 52.5 cm³/mol. The van der Waals surface area contributed by atoms with Crippen LogP contribution >= 0.6 is 0 Å². The number of carbonyl (C=O) groups excluding carboxylic acids is 1. The maximum atomic E-state index is 11.1. The van der Waals surface area contributed by atoms with E-state index >= 15 is 0 Å². The molecule has 16 heavy (non-hydrogen) atoms. The molecule has 0 saturated carbocycles. The Bertz CT molecular complexity index is 303. The summed E-state index contributed by atoms with van der Waals surface area (Å²) in [6.45, 7) is -0.340. The van der Waals surface area contributed by atoms with Crippen LogP contribution < -0.4 is 16.6 Å². The van der Waals surface area contributed by atoms with Crippen molar-refractivity contribution in [3.05, 3.63) is 0 Å². The van der Waals surface area contributed by atoms with Gasteiger partial charge in [-0.25, -0.2) is 10.6 Å². The maximum absolute atomic E-state index is 11.1. The molecule has 0 bridgehead atoms. The number of rotatable bonds is 7. The minimum absolute atomic E-state index is 0.340. The third-order valence-corrected chi connectivity index (χ3v) is 1.41. The number of carboxylic acids is 2. The van der Waals surface area contributed by atoms with Crippen LogP contribution in [0.15, 0.2) is 4.99 Å². The van der Waals surface area contributed by atoms with Crippen LogP contribution in [0.5, 0.6) is 0 Å². The highest BCUT2D eigenvalue weighted by atomic mass is 16.4. The number of hydrazine groups is 1. The van der Waals surface area contributed by atoms with E-state index in [2.05, 4.69) is 4.99 Å². The molecule has 0 aliphatic carbocycles. The van der Waals surface area contributed by atoms with E-state index < -0.39 is 30.3 Å². The number of nitrogens with two attached hydrogens (primary N) is 1. The first-order chi connectivity index (χ1) is 7.47. The lowest BCUT2D eigenvalue weighted by molar-refractivity contribution is -0.147. The van der Waals surface area contributed by atoms with Crippen molar-refractivity contribution in [2.24, 2.45) is 10.8 Å². The highest BCUT2D eigenvalue weighted by Gasteiger charge is 2.22. The second-order valence-corrected chi connectivity index (χ2v) is 2.69. The van der Waals surface area contributed by atoms with Gasteiger partial charge in [-0.1, -0.05) is 0 Å². The van der Waals surface area contributed by atoms with Crippen molar-refractivity contribution in [1.29, 1.82) is 0 Å². The van der Waals surface area contributed by atoms with Crippen LogP contribution in [-0.2, 0) is 14.4 Å². The van der Waals surface area contributed by atoms with E-state index in [1.807, 2.05) is 10.7 Å². The zero-order valence-corrected chi connectivity index (χ0v) is 8.21. The first kappa shape index (κ1) is 13.8. The van der Waals surface area contributed by atoms with Crippen molar-refractivity contribution >= 4 is 24.2 Å². The third kappa shape index (κ3) is 6.32. The van der Waals surface area contributed by atoms with Gasteiger partial charge in [0.05, 0.1) is 12.8 Å². The Kier molecular flexibility index (Phi) is 6.21. The topological polar surface area (TPSA) is 154 Å². The van der Waals surface area contributed by atoms with Gasteiger partial charge in [0.15, 0.2) is 0 Å². The summed E-state index contributed by atoms with van der Waals surface area (Å²) < 4.78 is 0. The molecule has 0 fully saturated rings. The molecule has 0 aromatic rings. The molecule has 0 aliphatic rings. The lowest BCUT2D eigenvalue weighted by atomic mass is 10.2. The molecule has 0 rings (SSSR count). The van der Waals surface area contributed by atoms with E-state index in [0.717, 1.165) is 6.34 Å². The zero-order chi connectivity index (χ0) is 12.6. The van der Waals surface area contributed by atoms with Gasteiger partial charge >= 0.3 is 11.9 Å². The van der Waals surface area contributed by atoms with Gasteiger partial charge in [0, 0.05) is 0 Å². The van der Waals surface area contributed by atoms with Crippen molar-refractivity contribution in [3.8, 4) is 0 Å². The Hall–Kier alpha value is -2.16. The minimum atomic E-state index is -1.47. The monoisotopic (exact) mass is 232 g/mol. The van der Waals surface area contributed by atoms with Crippen molar-refractivity contribution in [3.63, 3.8) is 0 Å². The molecule has 90 valence electrons. The Morgan fingerprint density at radius 2 is 2.00 bits per heavy atom. The lowest BCUT2D eigenvalue weighted by Crippen LogP contribution is -2.43. The SMILES string of the molecule is NNC=NCC(=O)N[C@H](CC(=O)O)C(=O)O. The van der Waals surface area contributed by atoms with Crippen molar-refractivity contribution in [2.75, 3.05) is 6.54 Å². The number of amides is 1. The van der Waals surface area contributed by atoms with E-state index in [-0.39, 0.29) is 6.54 Å². The standard InChI is InChI=1S/C7H12N4O5/c8-10-3-9-2-5(12)11-4(7(15)16)1-6(13)14/h3-4H,1-2,8H2,(H,9,10)(H,11,12)(H,13,14)(H,15,16)/t4-/m1/s1. The maximum Gasteiger partial charge on any atom is 0.326 e. The summed E-state index contributed by atoms with van der Waals surface area (Å²) >= 11 is 0. The number of nitrogens with zero attached hydrogens (tertiary/aromatic N) is 1. The molecule has 0 saturated heterocycles. The molecule has 9 nitrogen and oxygen atoms in total. The van der Waals surface area contributed by atoms with Gasteiger partial charge in [-0.05, 0) is 0 Å². The van der Waals surface area contributed by atoms with E-state index in [4.69, 9.17) is 16.1 Å². The fourth-order valence-electron chi connectivity index (χ4n) is 0.796. The lowest BCUT2D eigenvalue weighted by Gasteiger charge is -2.10.